The fourth-order valence-corrected chi connectivity index (χ4v) is 2.07. The first-order valence-electron chi connectivity index (χ1n) is 5.82. The normalized spacial score (nSPS) is 9.80. The first kappa shape index (κ1) is 14.1. The monoisotopic (exact) mass is 330 g/mol. The van der Waals surface area contributed by atoms with Gasteiger partial charge in [0.05, 0.1) is 17.2 Å². The van der Waals surface area contributed by atoms with E-state index in [0.717, 1.165) is 10.0 Å². The predicted octanol–water partition coefficient (Wildman–Crippen LogP) is 3.00. The molecule has 0 aliphatic carbocycles. The van der Waals surface area contributed by atoms with Gasteiger partial charge in [-0.2, -0.15) is 5.26 Å². The van der Waals surface area contributed by atoms with Crippen LogP contribution in [0.2, 0.25) is 0 Å². The first-order valence-corrected chi connectivity index (χ1v) is 6.61. The molecule has 0 aromatic heterocycles. The van der Waals surface area contributed by atoms with E-state index in [1.807, 2.05) is 0 Å². The molecule has 2 N–H and O–H groups in total. The highest BCUT2D eigenvalue weighted by molar-refractivity contribution is 9.10. The van der Waals surface area contributed by atoms with Crippen molar-refractivity contribution < 1.29 is 9.53 Å². The van der Waals surface area contributed by atoms with E-state index < -0.39 is 5.91 Å². The summed E-state index contributed by atoms with van der Waals surface area (Å²) in [6.07, 6.45) is 0. The number of halogens is 1. The molecule has 0 fully saturated rings. The van der Waals surface area contributed by atoms with Crippen molar-refractivity contribution in [2.24, 2.45) is 5.73 Å². The van der Waals surface area contributed by atoms with Gasteiger partial charge >= 0.3 is 0 Å². The Morgan fingerprint density at radius 2 is 2.05 bits per heavy atom. The molecule has 0 radical (unpaired) electrons. The Hall–Kier alpha value is -2.32. The summed E-state index contributed by atoms with van der Waals surface area (Å²) in [6, 6.07) is 14.1. The molecule has 0 spiro atoms. The van der Waals surface area contributed by atoms with Gasteiger partial charge in [0.1, 0.15) is 12.4 Å². The second-order valence-electron chi connectivity index (χ2n) is 4.07. The van der Waals surface area contributed by atoms with E-state index in [9.17, 15) is 4.79 Å². The molecule has 1 amide bonds. The van der Waals surface area contributed by atoms with Gasteiger partial charge in [0.25, 0.3) is 5.91 Å². The zero-order chi connectivity index (χ0) is 14.5. The lowest BCUT2D eigenvalue weighted by Crippen LogP contribution is -2.13. The molecular weight excluding hydrogens is 320 g/mol. The maximum atomic E-state index is 11.3. The third-order valence-corrected chi connectivity index (χ3v) is 3.48. The molecule has 0 saturated carbocycles. The number of nitrogens with zero attached hydrogens (tertiary/aromatic N) is 1. The number of ether oxygens (including phenoxy) is 1. The van der Waals surface area contributed by atoms with E-state index in [2.05, 4.69) is 22.0 Å². The fourth-order valence-electron chi connectivity index (χ4n) is 1.71. The highest BCUT2D eigenvalue weighted by Gasteiger charge is 2.09. The van der Waals surface area contributed by atoms with Crippen LogP contribution in [0, 0.1) is 11.3 Å². The molecule has 0 aliphatic heterocycles. The molecule has 4 nitrogen and oxygen atoms in total. The maximum Gasteiger partial charge on any atom is 0.252 e. The van der Waals surface area contributed by atoms with Gasteiger partial charge in [0.15, 0.2) is 0 Å². The quantitative estimate of drug-likeness (QED) is 0.936. The molecule has 20 heavy (non-hydrogen) atoms. The number of benzene rings is 2. The van der Waals surface area contributed by atoms with Crippen LogP contribution >= 0.6 is 15.9 Å². The van der Waals surface area contributed by atoms with E-state index in [1.54, 1.807) is 42.5 Å². The van der Waals surface area contributed by atoms with Crippen molar-refractivity contribution in [2.75, 3.05) is 0 Å². The van der Waals surface area contributed by atoms with Crippen LogP contribution in [0.4, 0.5) is 0 Å². The van der Waals surface area contributed by atoms with Gasteiger partial charge in [-0.3, -0.25) is 4.79 Å². The summed E-state index contributed by atoms with van der Waals surface area (Å²) in [4.78, 5) is 11.3. The van der Waals surface area contributed by atoms with Gasteiger partial charge in [0.2, 0.25) is 0 Å². The lowest BCUT2D eigenvalue weighted by Gasteiger charge is -2.10. The SMILES string of the molecule is N#Cc1ccc(Br)c(COc2ccccc2C(N)=O)c1. The summed E-state index contributed by atoms with van der Waals surface area (Å²) in [6.45, 7) is 0.237. The van der Waals surface area contributed by atoms with Crippen LogP contribution in [0.1, 0.15) is 21.5 Å². The highest BCUT2D eigenvalue weighted by atomic mass is 79.9. The number of amides is 1. The summed E-state index contributed by atoms with van der Waals surface area (Å²) >= 11 is 3.40. The molecule has 0 aliphatic rings. The van der Waals surface area contributed by atoms with Crippen LogP contribution in [-0.4, -0.2) is 5.91 Å². The molecule has 0 atom stereocenters. The van der Waals surface area contributed by atoms with Crippen molar-refractivity contribution in [3.63, 3.8) is 0 Å². The lowest BCUT2D eigenvalue weighted by atomic mass is 10.1. The number of carbonyl (C=O) groups is 1. The number of rotatable bonds is 4. The number of hydrogen-bond acceptors (Lipinski definition) is 3. The van der Waals surface area contributed by atoms with Crippen LogP contribution in [0.15, 0.2) is 46.9 Å². The van der Waals surface area contributed by atoms with Gasteiger partial charge in [-0.05, 0) is 30.3 Å². The van der Waals surface area contributed by atoms with Crippen molar-refractivity contribution in [3.05, 3.63) is 63.6 Å². The first-order chi connectivity index (χ1) is 9.61. The number of carbonyl (C=O) groups excluding carboxylic acids is 1. The number of para-hydroxylation sites is 1. The van der Waals surface area contributed by atoms with Gasteiger partial charge in [-0.1, -0.05) is 28.1 Å². The van der Waals surface area contributed by atoms with Gasteiger partial charge in [0, 0.05) is 10.0 Å². The Labute approximate surface area is 124 Å². The van der Waals surface area contributed by atoms with Crippen molar-refractivity contribution >= 4 is 21.8 Å². The Bertz CT molecular complexity index is 693. The highest BCUT2D eigenvalue weighted by Crippen LogP contribution is 2.22. The molecule has 2 aromatic carbocycles. The van der Waals surface area contributed by atoms with Crippen LogP contribution in [0.5, 0.6) is 5.75 Å². The Balaban J connectivity index is 2.21. The average molecular weight is 331 g/mol. The minimum Gasteiger partial charge on any atom is -0.488 e. The van der Waals surface area contributed by atoms with E-state index in [-0.39, 0.29) is 6.61 Å². The summed E-state index contributed by atoms with van der Waals surface area (Å²) in [5.74, 6) is -0.111. The van der Waals surface area contributed by atoms with E-state index >= 15 is 0 Å². The average Bonchev–Trinajstić information content (AvgIpc) is 2.46. The van der Waals surface area contributed by atoms with Crippen LogP contribution in [0.3, 0.4) is 0 Å². The van der Waals surface area contributed by atoms with Gasteiger partial charge in [-0.15, -0.1) is 0 Å². The van der Waals surface area contributed by atoms with Gasteiger partial charge in [-0.25, -0.2) is 0 Å². The molecule has 2 rings (SSSR count). The Kier molecular flexibility index (Phi) is 4.38. The lowest BCUT2D eigenvalue weighted by molar-refractivity contribution is 0.0996. The molecule has 0 saturated heterocycles. The zero-order valence-corrected chi connectivity index (χ0v) is 12.1. The standard InChI is InChI=1S/C15H11BrN2O2/c16-13-6-5-10(8-17)7-11(13)9-20-14-4-2-1-3-12(14)15(18)19/h1-7H,9H2,(H2,18,19). The van der Waals surface area contributed by atoms with Crippen molar-refractivity contribution in [1.82, 2.24) is 0 Å². The molecular formula is C15H11BrN2O2. The summed E-state index contributed by atoms with van der Waals surface area (Å²) in [5.41, 5.74) is 6.99. The smallest absolute Gasteiger partial charge is 0.252 e. The zero-order valence-electron chi connectivity index (χ0n) is 10.5. The Morgan fingerprint density at radius 3 is 2.75 bits per heavy atom. The van der Waals surface area contributed by atoms with E-state index in [0.29, 0.717) is 16.9 Å². The van der Waals surface area contributed by atoms with Crippen molar-refractivity contribution in [2.45, 2.75) is 6.61 Å². The number of nitriles is 1. The van der Waals surface area contributed by atoms with Crippen LogP contribution in [0.25, 0.3) is 0 Å². The van der Waals surface area contributed by atoms with E-state index in [4.69, 9.17) is 15.7 Å². The van der Waals surface area contributed by atoms with E-state index in [1.165, 1.54) is 0 Å². The second-order valence-corrected chi connectivity index (χ2v) is 4.92. The molecule has 5 heteroatoms. The van der Waals surface area contributed by atoms with Crippen LogP contribution < -0.4 is 10.5 Å². The third-order valence-electron chi connectivity index (χ3n) is 2.71. The molecule has 0 unspecified atom stereocenters. The van der Waals surface area contributed by atoms with Gasteiger partial charge < -0.3 is 10.5 Å². The molecule has 100 valence electrons. The number of nitrogens with two attached hydrogens (primary N) is 1. The van der Waals surface area contributed by atoms with Crippen LogP contribution in [-0.2, 0) is 6.61 Å². The third kappa shape index (κ3) is 3.16. The topological polar surface area (TPSA) is 76.1 Å². The predicted molar refractivity (Wildman–Crippen MR) is 78.1 cm³/mol. The number of primary amides is 1. The van der Waals surface area contributed by atoms with Crippen molar-refractivity contribution in [1.29, 1.82) is 5.26 Å². The maximum absolute atomic E-state index is 11.3. The minimum absolute atomic E-state index is 0.237. The fraction of sp³-hybridized carbons (Fsp3) is 0.0667. The summed E-state index contributed by atoms with van der Waals surface area (Å²) in [7, 11) is 0. The molecule has 0 bridgehead atoms. The Morgan fingerprint density at radius 1 is 1.30 bits per heavy atom. The minimum atomic E-state index is -0.537. The second kappa shape index (κ2) is 6.22. The summed E-state index contributed by atoms with van der Waals surface area (Å²) < 4.78 is 6.47. The molecule has 2 aromatic rings. The van der Waals surface area contributed by atoms with Crippen molar-refractivity contribution in [3.8, 4) is 11.8 Å². The number of hydrogen-bond donors (Lipinski definition) is 1. The molecule has 0 heterocycles. The largest absolute Gasteiger partial charge is 0.488 e. The summed E-state index contributed by atoms with van der Waals surface area (Å²) in [5, 5.41) is 8.89.